The van der Waals surface area contributed by atoms with Crippen LogP contribution in [-0.4, -0.2) is 39.8 Å². The van der Waals surface area contributed by atoms with Crippen molar-refractivity contribution in [1.82, 2.24) is 14.5 Å². The van der Waals surface area contributed by atoms with Crippen LogP contribution in [0.1, 0.15) is 25.7 Å². The fourth-order valence-electron chi connectivity index (χ4n) is 3.99. The van der Waals surface area contributed by atoms with E-state index in [1.54, 1.807) is 12.3 Å². The summed E-state index contributed by atoms with van der Waals surface area (Å²) in [5, 5.41) is 3.19. The van der Waals surface area contributed by atoms with Crippen molar-refractivity contribution in [3.63, 3.8) is 0 Å². The lowest BCUT2D eigenvalue weighted by Crippen LogP contribution is -2.35. The molecule has 3 aromatic rings. The van der Waals surface area contributed by atoms with Gasteiger partial charge >= 0.3 is 0 Å². The van der Waals surface area contributed by atoms with Gasteiger partial charge in [0, 0.05) is 36.5 Å². The summed E-state index contributed by atoms with van der Waals surface area (Å²) in [7, 11) is 0. The molecule has 6 heteroatoms. The third-order valence-electron chi connectivity index (χ3n) is 5.59. The third kappa shape index (κ3) is 5.04. The predicted molar refractivity (Wildman–Crippen MR) is 119 cm³/mol. The highest BCUT2D eigenvalue weighted by molar-refractivity contribution is 8.01. The summed E-state index contributed by atoms with van der Waals surface area (Å²) in [5.74, 6) is 1.97. The Bertz CT molecular complexity index is 930. The predicted octanol–water partition coefficient (Wildman–Crippen LogP) is 4.74. The second kappa shape index (κ2) is 9.72. The lowest BCUT2D eigenvalue weighted by molar-refractivity contribution is 0.185. The van der Waals surface area contributed by atoms with Crippen LogP contribution >= 0.6 is 23.1 Å². The summed E-state index contributed by atoms with van der Waals surface area (Å²) in [5.41, 5.74) is 0.873. The topological polar surface area (TPSA) is 38.1 Å². The van der Waals surface area contributed by atoms with Crippen LogP contribution < -0.4 is 5.56 Å². The monoisotopic (exact) mass is 413 g/mol. The quantitative estimate of drug-likeness (QED) is 0.500. The molecule has 0 aliphatic carbocycles. The molecule has 0 unspecified atom stereocenters. The Labute approximate surface area is 174 Å². The summed E-state index contributed by atoms with van der Waals surface area (Å²) in [6.45, 7) is 4.38. The number of piperidine rings is 1. The van der Waals surface area contributed by atoms with Gasteiger partial charge in [-0.15, -0.1) is 23.1 Å². The van der Waals surface area contributed by atoms with Gasteiger partial charge < -0.3 is 4.90 Å². The van der Waals surface area contributed by atoms with Gasteiger partial charge in [0.1, 0.15) is 5.65 Å². The summed E-state index contributed by atoms with van der Waals surface area (Å²) in [6, 6.07) is 11.8. The minimum absolute atomic E-state index is 0.0595. The largest absolute Gasteiger partial charge is 0.302 e. The highest BCUT2D eigenvalue weighted by Crippen LogP contribution is 2.25. The lowest BCUT2D eigenvalue weighted by Gasteiger charge is -2.31. The van der Waals surface area contributed by atoms with Crippen LogP contribution in [-0.2, 0) is 6.54 Å². The fraction of sp³-hybridized carbons (Fsp3) is 0.455. The number of nitrogens with zero attached hydrogens (tertiary/aromatic N) is 3. The highest BCUT2D eigenvalue weighted by atomic mass is 32.2. The van der Waals surface area contributed by atoms with E-state index >= 15 is 0 Å². The lowest BCUT2D eigenvalue weighted by atomic mass is 9.92. The van der Waals surface area contributed by atoms with Gasteiger partial charge in [-0.2, -0.15) is 0 Å². The Morgan fingerprint density at radius 3 is 2.82 bits per heavy atom. The number of thiophene rings is 1. The zero-order chi connectivity index (χ0) is 19.2. The maximum Gasteiger partial charge on any atom is 0.252 e. The van der Waals surface area contributed by atoms with Gasteiger partial charge in [-0.3, -0.25) is 9.36 Å². The van der Waals surface area contributed by atoms with Crippen LogP contribution in [0.3, 0.4) is 0 Å². The van der Waals surface area contributed by atoms with Crippen molar-refractivity contribution in [3.8, 4) is 0 Å². The molecule has 0 aromatic carbocycles. The van der Waals surface area contributed by atoms with Crippen LogP contribution in [0.5, 0.6) is 0 Å². The molecule has 4 nitrogen and oxygen atoms in total. The minimum Gasteiger partial charge on any atom is -0.302 e. The van der Waals surface area contributed by atoms with Crippen LogP contribution in [0.4, 0.5) is 0 Å². The average molecular weight is 414 g/mol. The second-order valence-electron chi connectivity index (χ2n) is 7.45. The standard InChI is InChI=1S/C22H27N3OS2/c26-20-8-7-19-5-1-11-23-22(19)25(20)12-2-4-18-9-13-24(14-10-18)15-17-28-21-6-3-16-27-21/h1,3,5-8,11,16,18H,2,4,9-10,12-15,17H2. The second-order valence-corrected chi connectivity index (χ2v) is 9.79. The van der Waals surface area contributed by atoms with E-state index in [4.69, 9.17) is 0 Å². The molecule has 0 saturated carbocycles. The van der Waals surface area contributed by atoms with E-state index in [2.05, 4.69) is 27.4 Å². The molecule has 4 rings (SSSR count). The molecule has 1 saturated heterocycles. The van der Waals surface area contributed by atoms with Crippen LogP contribution in [0.15, 0.2) is 57.0 Å². The molecule has 1 aliphatic heterocycles. The van der Waals surface area contributed by atoms with E-state index in [0.717, 1.165) is 29.9 Å². The SMILES string of the molecule is O=c1ccc2cccnc2n1CCCC1CCN(CCSc2cccs2)CC1. The first kappa shape index (κ1) is 19.7. The molecule has 148 valence electrons. The van der Waals surface area contributed by atoms with Gasteiger partial charge in [-0.1, -0.05) is 6.07 Å². The van der Waals surface area contributed by atoms with Gasteiger partial charge in [0.25, 0.3) is 5.56 Å². The Morgan fingerprint density at radius 2 is 2.00 bits per heavy atom. The normalized spacial score (nSPS) is 16.0. The molecule has 0 amide bonds. The van der Waals surface area contributed by atoms with Crippen molar-refractivity contribution in [2.24, 2.45) is 5.92 Å². The molecule has 0 bridgehead atoms. The first-order valence-corrected chi connectivity index (χ1v) is 12.0. The van der Waals surface area contributed by atoms with Gasteiger partial charge in [0.15, 0.2) is 0 Å². The average Bonchev–Trinajstić information content (AvgIpc) is 3.24. The van der Waals surface area contributed by atoms with Crippen molar-refractivity contribution < 1.29 is 0 Å². The smallest absolute Gasteiger partial charge is 0.252 e. The van der Waals surface area contributed by atoms with Crippen molar-refractivity contribution >= 4 is 34.1 Å². The van der Waals surface area contributed by atoms with Crippen molar-refractivity contribution in [2.45, 2.75) is 36.4 Å². The Hall–Kier alpha value is -1.63. The number of hydrogen-bond donors (Lipinski definition) is 0. The Balaban J connectivity index is 1.20. The zero-order valence-electron chi connectivity index (χ0n) is 16.1. The molecule has 0 atom stereocenters. The number of pyridine rings is 2. The third-order valence-corrected chi connectivity index (χ3v) is 7.70. The van der Waals surface area contributed by atoms with E-state index in [1.807, 2.05) is 45.9 Å². The number of rotatable bonds is 8. The van der Waals surface area contributed by atoms with Crippen LogP contribution in [0.25, 0.3) is 11.0 Å². The summed E-state index contributed by atoms with van der Waals surface area (Å²) in [4.78, 5) is 19.3. The summed E-state index contributed by atoms with van der Waals surface area (Å²) < 4.78 is 3.26. The summed E-state index contributed by atoms with van der Waals surface area (Å²) >= 11 is 3.81. The van der Waals surface area contributed by atoms with Gasteiger partial charge in [0.2, 0.25) is 0 Å². The number of aryl methyl sites for hydroxylation is 1. The molecule has 28 heavy (non-hydrogen) atoms. The molecule has 3 aromatic heterocycles. The van der Waals surface area contributed by atoms with Crippen LogP contribution in [0, 0.1) is 5.92 Å². The highest BCUT2D eigenvalue weighted by Gasteiger charge is 2.18. The van der Waals surface area contributed by atoms with Gasteiger partial charge in [0.05, 0.1) is 4.21 Å². The van der Waals surface area contributed by atoms with Crippen molar-refractivity contribution in [2.75, 3.05) is 25.4 Å². The van der Waals surface area contributed by atoms with E-state index in [0.29, 0.717) is 0 Å². The molecular weight excluding hydrogens is 386 g/mol. The first-order chi connectivity index (χ1) is 13.8. The maximum absolute atomic E-state index is 12.3. The Kier molecular flexibility index (Phi) is 6.83. The molecule has 0 N–H and O–H groups in total. The molecule has 1 aliphatic rings. The molecular formula is C22H27N3OS2. The van der Waals surface area contributed by atoms with Crippen molar-refractivity contribution in [3.05, 3.63) is 58.3 Å². The molecule has 0 spiro atoms. The zero-order valence-corrected chi connectivity index (χ0v) is 17.8. The number of aromatic nitrogens is 2. The fourth-order valence-corrected chi connectivity index (χ4v) is 5.86. The number of hydrogen-bond acceptors (Lipinski definition) is 5. The molecule has 4 heterocycles. The number of thioether (sulfide) groups is 1. The van der Waals surface area contributed by atoms with Crippen LogP contribution in [0.2, 0.25) is 0 Å². The Morgan fingerprint density at radius 1 is 1.11 bits per heavy atom. The number of fused-ring (bicyclic) bond motifs is 1. The van der Waals surface area contributed by atoms with E-state index in [1.165, 1.54) is 48.9 Å². The summed E-state index contributed by atoms with van der Waals surface area (Å²) in [6.07, 6.45) is 6.59. The number of likely N-dealkylation sites (tertiary alicyclic amines) is 1. The first-order valence-electron chi connectivity index (χ1n) is 10.1. The van der Waals surface area contributed by atoms with Gasteiger partial charge in [-0.05, 0) is 74.3 Å². The van der Waals surface area contributed by atoms with E-state index < -0.39 is 0 Å². The van der Waals surface area contributed by atoms with Crippen molar-refractivity contribution in [1.29, 1.82) is 0 Å². The van der Waals surface area contributed by atoms with E-state index in [-0.39, 0.29) is 5.56 Å². The maximum atomic E-state index is 12.3. The molecule has 1 fully saturated rings. The van der Waals surface area contributed by atoms with Gasteiger partial charge in [-0.25, -0.2) is 4.98 Å². The molecule has 0 radical (unpaired) electrons. The minimum atomic E-state index is 0.0595. The van der Waals surface area contributed by atoms with E-state index in [9.17, 15) is 4.79 Å².